The maximum Gasteiger partial charge on any atom is 0.420 e. The maximum atomic E-state index is 12.4. The van der Waals surface area contributed by atoms with Crippen molar-refractivity contribution in [1.82, 2.24) is 14.0 Å². The van der Waals surface area contributed by atoms with Gasteiger partial charge in [0.1, 0.15) is 6.54 Å². The molecule has 0 radical (unpaired) electrons. The Morgan fingerprint density at radius 3 is 2.79 bits per heavy atom. The smallest absolute Gasteiger partial charge is 0.408 e. The number of nitrogens with zero attached hydrogens (tertiary/aromatic N) is 3. The van der Waals surface area contributed by atoms with E-state index >= 15 is 0 Å². The molecule has 5 aromatic rings. The Kier molecular flexibility index (Phi) is 3.84. The number of thiazole rings is 1. The van der Waals surface area contributed by atoms with Crippen molar-refractivity contribution < 1.29 is 9.21 Å². The number of aromatic nitrogens is 3. The standard InChI is InChI=1S/C20H14N4O3S/c25-18(12-24-16-3-1-2-4-17(16)27-20(24)26)21-14-7-5-13(6-8-14)15-11-23-9-10-28-19(23)22-15/h1-11H,12H2,(H,21,25). The first-order chi connectivity index (χ1) is 13.7. The molecule has 0 aliphatic rings. The van der Waals surface area contributed by atoms with E-state index in [4.69, 9.17) is 4.42 Å². The Morgan fingerprint density at radius 1 is 1.14 bits per heavy atom. The SMILES string of the molecule is O=C(Cn1c(=O)oc2ccccc21)Nc1ccc(-c2cn3ccsc3n2)cc1. The molecule has 2 aromatic carbocycles. The second-order valence-electron chi connectivity index (χ2n) is 6.27. The zero-order valence-electron chi connectivity index (χ0n) is 14.5. The van der Waals surface area contributed by atoms with Crippen LogP contribution in [0.1, 0.15) is 0 Å². The maximum absolute atomic E-state index is 12.4. The summed E-state index contributed by atoms with van der Waals surface area (Å²) >= 11 is 1.58. The summed E-state index contributed by atoms with van der Waals surface area (Å²) in [5.74, 6) is -0.852. The third-order valence-electron chi connectivity index (χ3n) is 4.43. The van der Waals surface area contributed by atoms with E-state index in [1.54, 1.807) is 35.6 Å². The van der Waals surface area contributed by atoms with Crippen molar-refractivity contribution in [2.75, 3.05) is 5.32 Å². The molecule has 0 fully saturated rings. The Balaban J connectivity index is 1.33. The first-order valence-electron chi connectivity index (χ1n) is 8.58. The second-order valence-corrected chi connectivity index (χ2v) is 7.14. The molecule has 138 valence electrons. The number of carbonyl (C=O) groups excluding carboxylic acids is 1. The molecular formula is C20H14N4O3S. The lowest BCUT2D eigenvalue weighted by Crippen LogP contribution is -2.24. The van der Waals surface area contributed by atoms with Crippen molar-refractivity contribution in [2.45, 2.75) is 6.54 Å². The van der Waals surface area contributed by atoms with E-state index in [1.807, 2.05) is 46.4 Å². The number of rotatable bonds is 4. The quantitative estimate of drug-likeness (QED) is 0.508. The number of oxazole rings is 1. The third kappa shape index (κ3) is 2.89. The van der Waals surface area contributed by atoms with Crippen LogP contribution in [-0.4, -0.2) is 19.9 Å². The molecule has 5 rings (SSSR count). The summed E-state index contributed by atoms with van der Waals surface area (Å²) in [6, 6.07) is 14.5. The minimum absolute atomic E-state index is 0.116. The number of carbonyl (C=O) groups is 1. The van der Waals surface area contributed by atoms with Crippen molar-refractivity contribution in [2.24, 2.45) is 0 Å². The van der Waals surface area contributed by atoms with Crippen LogP contribution in [0, 0.1) is 0 Å². The molecule has 1 N–H and O–H groups in total. The van der Waals surface area contributed by atoms with Gasteiger partial charge in [0, 0.05) is 29.0 Å². The monoisotopic (exact) mass is 390 g/mol. The lowest BCUT2D eigenvalue weighted by atomic mass is 10.1. The van der Waals surface area contributed by atoms with Crippen molar-refractivity contribution >= 4 is 39.0 Å². The molecule has 0 spiro atoms. The lowest BCUT2D eigenvalue weighted by molar-refractivity contribution is -0.116. The summed E-state index contributed by atoms with van der Waals surface area (Å²) in [5, 5.41) is 4.79. The van der Waals surface area contributed by atoms with Gasteiger partial charge in [-0.25, -0.2) is 9.78 Å². The van der Waals surface area contributed by atoms with Gasteiger partial charge in [0.25, 0.3) is 0 Å². The fourth-order valence-corrected chi connectivity index (χ4v) is 3.80. The Labute approximate surface area is 162 Å². The van der Waals surface area contributed by atoms with Gasteiger partial charge in [-0.3, -0.25) is 13.8 Å². The van der Waals surface area contributed by atoms with Crippen LogP contribution in [0.5, 0.6) is 0 Å². The normalized spacial score (nSPS) is 11.3. The zero-order chi connectivity index (χ0) is 19.1. The van der Waals surface area contributed by atoms with E-state index in [2.05, 4.69) is 10.3 Å². The van der Waals surface area contributed by atoms with Crippen LogP contribution in [0.15, 0.2) is 75.5 Å². The summed E-state index contributed by atoms with van der Waals surface area (Å²) in [6.45, 7) is -0.116. The topological polar surface area (TPSA) is 81.5 Å². The van der Waals surface area contributed by atoms with Crippen LogP contribution in [0.3, 0.4) is 0 Å². The number of para-hydroxylation sites is 2. The number of hydrogen-bond donors (Lipinski definition) is 1. The van der Waals surface area contributed by atoms with Gasteiger partial charge in [-0.15, -0.1) is 11.3 Å². The van der Waals surface area contributed by atoms with Crippen LogP contribution in [0.2, 0.25) is 0 Å². The second kappa shape index (κ2) is 6.50. The van der Waals surface area contributed by atoms with Gasteiger partial charge in [0.2, 0.25) is 5.91 Å². The molecule has 7 nitrogen and oxygen atoms in total. The molecule has 3 heterocycles. The molecule has 0 unspecified atom stereocenters. The van der Waals surface area contributed by atoms with E-state index in [1.165, 1.54) is 4.57 Å². The molecule has 0 aliphatic carbocycles. The molecule has 0 atom stereocenters. The number of nitrogens with one attached hydrogen (secondary N) is 1. The average molecular weight is 390 g/mol. The van der Waals surface area contributed by atoms with Crippen LogP contribution in [0.4, 0.5) is 5.69 Å². The van der Waals surface area contributed by atoms with Crippen molar-refractivity contribution in [3.05, 3.63) is 76.9 Å². The molecule has 3 aromatic heterocycles. The van der Waals surface area contributed by atoms with E-state index in [-0.39, 0.29) is 12.5 Å². The number of imidazole rings is 1. The van der Waals surface area contributed by atoms with Crippen LogP contribution >= 0.6 is 11.3 Å². The van der Waals surface area contributed by atoms with E-state index in [0.717, 1.165) is 16.2 Å². The van der Waals surface area contributed by atoms with Crippen LogP contribution in [0.25, 0.3) is 27.3 Å². The van der Waals surface area contributed by atoms with E-state index < -0.39 is 5.76 Å². The largest absolute Gasteiger partial charge is 0.420 e. The third-order valence-corrected chi connectivity index (χ3v) is 5.20. The molecule has 0 aliphatic heterocycles. The molecule has 0 saturated heterocycles. The van der Waals surface area contributed by atoms with Gasteiger partial charge in [0.05, 0.1) is 11.2 Å². The summed E-state index contributed by atoms with van der Waals surface area (Å²) in [5.41, 5.74) is 3.55. The molecule has 0 bridgehead atoms. The van der Waals surface area contributed by atoms with Gasteiger partial charge in [-0.1, -0.05) is 24.3 Å². The number of amides is 1. The van der Waals surface area contributed by atoms with Crippen molar-refractivity contribution in [3.8, 4) is 11.3 Å². The summed E-state index contributed by atoms with van der Waals surface area (Å²) in [7, 11) is 0. The van der Waals surface area contributed by atoms with Gasteiger partial charge >= 0.3 is 5.76 Å². The molecule has 8 heteroatoms. The van der Waals surface area contributed by atoms with E-state index in [0.29, 0.717) is 16.8 Å². The summed E-state index contributed by atoms with van der Waals surface area (Å²) < 4.78 is 8.44. The van der Waals surface area contributed by atoms with Crippen LogP contribution < -0.4 is 11.1 Å². The first-order valence-corrected chi connectivity index (χ1v) is 9.46. The molecular weight excluding hydrogens is 376 g/mol. The summed E-state index contributed by atoms with van der Waals surface area (Å²) in [4.78, 5) is 29.9. The average Bonchev–Trinajstić information content (AvgIpc) is 3.37. The Morgan fingerprint density at radius 2 is 1.96 bits per heavy atom. The summed E-state index contributed by atoms with van der Waals surface area (Å²) in [6.07, 6.45) is 3.93. The van der Waals surface area contributed by atoms with Crippen LogP contribution in [-0.2, 0) is 11.3 Å². The minimum atomic E-state index is -0.550. The van der Waals surface area contributed by atoms with Crippen molar-refractivity contribution in [3.63, 3.8) is 0 Å². The highest BCUT2D eigenvalue weighted by molar-refractivity contribution is 7.15. The molecule has 1 amide bonds. The van der Waals surface area contributed by atoms with Gasteiger partial charge in [0.15, 0.2) is 10.5 Å². The highest BCUT2D eigenvalue weighted by Gasteiger charge is 2.12. The van der Waals surface area contributed by atoms with Gasteiger partial charge < -0.3 is 9.73 Å². The Hall–Kier alpha value is -3.65. The fraction of sp³-hybridized carbons (Fsp3) is 0.0500. The number of fused-ring (bicyclic) bond motifs is 2. The Bertz CT molecular complexity index is 1330. The fourth-order valence-electron chi connectivity index (χ4n) is 3.10. The minimum Gasteiger partial charge on any atom is -0.408 e. The lowest BCUT2D eigenvalue weighted by Gasteiger charge is -2.06. The highest BCUT2D eigenvalue weighted by atomic mass is 32.1. The molecule has 0 saturated carbocycles. The number of anilines is 1. The first kappa shape index (κ1) is 16.5. The van der Waals surface area contributed by atoms with Gasteiger partial charge in [-0.2, -0.15) is 0 Å². The molecule has 28 heavy (non-hydrogen) atoms. The number of hydrogen-bond acceptors (Lipinski definition) is 5. The van der Waals surface area contributed by atoms with Crippen molar-refractivity contribution in [1.29, 1.82) is 0 Å². The predicted molar refractivity (Wildman–Crippen MR) is 108 cm³/mol. The number of benzene rings is 2. The highest BCUT2D eigenvalue weighted by Crippen LogP contribution is 2.23. The zero-order valence-corrected chi connectivity index (χ0v) is 15.3. The predicted octanol–water partition coefficient (Wildman–Crippen LogP) is 3.61. The van der Waals surface area contributed by atoms with E-state index in [9.17, 15) is 9.59 Å². The van der Waals surface area contributed by atoms with Gasteiger partial charge in [-0.05, 0) is 24.3 Å².